The highest BCUT2D eigenvalue weighted by atomic mass is 16.5. The van der Waals surface area contributed by atoms with Gasteiger partial charge < -0.3 is 24.5 Å². The first kappa shape index (κ1) is 17.2. The highest BCUT2D eigenvalue weighted by Gasteiger charge is 2.23. The van der Waals surface area contributed by atoms with Gasteiger partial charge in [-0.15, -0.1) is 0 Å². The number of benzene rings is 2. The summed E-state index contributed by atoms with van der Waals surface area (Å²) in [6.07, 6.45) is 0.331. The fraction of sp³-hybridized carbons (Fsp3) is 0.300. The van der Waals surface area contributed by atoms with Crippen molar-refractivity contribution in [1.29, 1.82) is 0 Å². The molecular weight excluding hydrogens is 344 g/mol. The maximum Gasteiger partial charge on any atom is 0.323 e. The van der Waals surface area contributed by atoms with Crippen molar-refractivity contribution in [2.75, 3.05) is 38.2 Å². The van der Waals surface area contributed by atoms with E-state index in [1.807, 2.05) is 47.4 Å². The van der Waals surface area contributed by atoms with Gasteiger partial charge in [-0.2, -0.15) is 0 Å². The van der Waals surface area contributed by atoms with E-state index in [0.29, 0.717) is 19.5 Å². The first-order valence-electron chi connectivity index (χ1n) is 9.01. The van der Waals surface area contributed by atoms with Gasteiger partial charge in [0.1, 0.15) is 5.75 Å². The van der Waals surface area contributed by atoms with Gasteiger partial charge >= 0.3 is 5.69 Å². The van der Waals surface area contributed by atoms with Crippen LogP contribution in [0.15, 0.2) is 47.3 Å². The molecule has 4 rings (SSSR count). The molecule has 27 heavy (non-hydrogen) atoms. The lowest BCUT2D eigenvalue weighted by Crippen LogP contribution is -2.49. The third-order valence-electron chi connectivity index (χ3n) is 4.99. The van der Waals surface area contributed by atoms with Crippen LogP contribution in [0.25, 0.3) is 11.0 Å². The number of para-hydroxylation sites is 2. The number of ether oxygens (including phenoxy) is 1. The Labute approximate surface area is 156 Å². The van der Waals surface area contributed by atoms with Crippen molar-refractivity contribution in [3.05, 3.63) is 58.5 Å². The van der Waals surface area contributed by atoms with E-state index in [1.165, 1.54) is 0 Å². The molecule has 0 aliphatic carbocycles. The summed E-state index contributed by atoms with van der Waals surface area (Å²) in [5.41, 5.74) is 3.21. The van der Waals surface area contributed by atoms with Gasteiger partial charge in [0.15, 0.2) is 0 Å². The van der Waals surface area contributed by atoms with E-state index >= 15 is 0 Å². The van der Waals surface area contributed by atoms with Crippen molar-refractivity contribution >= 4 is 22.6 Å². The lowest BCUT2D eigenvalue weighted by molar-refractivity contribution is -0.130. The second kappa shape index (κ2) is 7.19. The third-order valence-corrected chi connectivity index (χ3v) is 4.99. The van der Waals surface area contributed by atoms with Crippen molar-refractivity contribution < 1.29 is 9.53 Å². The molecule has 1 aliphatic rings. The summed E-state index contributed by atoms with van der Waals surface area (Å²) >= 11 is 0. The number of hydrogen-bond acceptors (Lipinski definition) is 4. The first-order chi connectivity index (χ1) is 13.1. The summed E-state index contributed by atoms with van der Waals surface area (Å²) in [5.74, 6) is 0.956. The molecule has 1 saturated heterocycles. The maximum absolute atomic E-state index is 12.7. The van der Waals surface area contributed by atoms with E-state index < -0.39 is 0 Å². The molecule has 0 atom stereocenters. The molecule has 0 spiro atoms. The van der Waals surface area contributed by atoms with Crippen molar-refractivity contribution in [2.45, 2.75) is 6.42 Å². The number of amides is 1. The van der Waals surface area contributed by atoms with E-state index in [-0.39, 0.29) is 11.6 Å². The van der Waals surface area contributed by atoms with E-state index in [9.17, 15) is 9.59 Å². The van der Waals surface area contributed by atoms with Crippen LogP contribution < -0.4 is 15.3 Å². The monoisotopic (exact) mass is 366 g/mol. The molecule has 140 valence electrons. The van der Waals surface area contributed by atoms with Crippen LogP contribution in [0.5, 0.6) is 5.75 Å². The zero-order chi connectivity index (χ0) is 18.8. The highest BCUT2D eigenvalue weighted by molar-refractivity contribution is 5.82. The lowest BCUT2D eigenvalue weighted by atomic mass is 10.1. The van der Waals surface area contributed by atoms with Gasteiger partial charge in [0, 0.05) is 26.2 Å². The number of aromatic nitrogens is 2. The number of H-pyrrole nitrogens is 2. The smallest absolute Gasteiger partial charge is 0.323 e. The normalized spacial score (nSPS) is 14.6. The van der Waals surface area contributed by atoms with E-state index in [4.69, 9.17) is 4.74 Å². The van der Waals surface area contributed by atoms with Gasteiger partial charge in [0.25, 0.3) is 0 Å². The molecule has 2 aromatic carbocycles. The number of carbonyl (C=O) groups is 1. The fourth-order valence-corrected chi connectivity index (χ4v) is 3.56. The van der Waals surface area contributed by atoms with Crippen molar-refractivity contribution in [2.24, 2.45) is 0 Å². The molecule has 2 N–H and O–H groups in total. The molecule has 1 fully saturated rings. The average Bonchev–Trinajstić information content (AvgIpc) is 3.07. The number of carbonyl (C=O) groups excluding carboxylic acids is 1. The van der Waals surface area contributed by atoms with Crippen LogP contribution in [0.4, 0.5) is 5.69 Å². The molecule has 1 amide bonds. The van der Waals surface area contributed by atoms with Crippen LogP contribution >= 0.6 is 0 Å². The fourth-order valence-electron chi connectivity index (χ4n) is 3.56. The SMILES string of the molecule is COc1ccccc1N1CCN(C(=O)Cc2ccc3[nH]c(=O)[nH]c3c2)CC1. The lowest BCUT2D eigenvalue weighted by Gasteiger charge is -2.36. The molecule has 0 radical (unpaired) electrons. The molecule has 0 bridgehead atoms. The zero-order valence-corrected chi connectivity index (χ0v) is 15.2. The number of fused-ring (bicyclic) bond motifs is 1. The predicted molar refractivity (Wildman–Crippen MR) is 104 cm³/mol. The Morgan fingerprint density at radius 2 is 1.78 bits per heavy atom. The minimum absolute atomic E-state index is 0.104. The number of nitrogens with zero attached hydrogens (tertiary/aromatic N) is 2. The van der Waals surface area contributed by atoms with Crippen molar-refractivity contribution in [1.82, 2.24) is 14.9 Å². The molecule has 7 heteroatoms. The van der Waals surface area contributed by atoms with Crippen LogP contribution in [0.1, 0.15) is 5.56 Å². The van der Waals surface area contributed by atoms with Crippen LogP contribution in [0.2, 0.25) is 0 Å². The van der Waals surface area contributed by atoms with Gasteiger partial charge in [-0.1, -0.05) is 18.2 Å². The number of hydrogen-bond donors (Lipinski definition) is 2. The average molecular weight is 366 g/mol. The van der Waals surface area contributed by atoms with Gasteiger partial charge in [0.2, 0.25) is 5.91 Å². The molecule has 7 nitrogen and oxygen atoms in total. The Morgan fingerprint density at radius 1 is 1.04 bits per heavy atom. The van der Waals surface area contributed by atoms with Crippen LogP contribution in [0, 0.1) is 0 Å². The third kappa shape index (κ3) is 3.53. The molecule has 0 saturated carbocycles. The number of nitrogens with one attached hydrogen (secondary N) is 2. The van der Waals surface area contributed by atoms with Crippen LogP contribution in [0.3, 0.4) is 0 Å². The predicted octanol–water partition coefficient (Wildman–Crippen LogP) is 1.76. The number of rotatable bonds is 4. The quantitative estimate of drug-likeness (QED) is 0.737. The maximum atomic E-state index is 12.7. The second-order valence-corrected chi connectivity index (χ2v) is 6.68. The number of imidazole rings is 1. The van der Waals surface area contributed by atoms with Crippen molar-refractivity contribution in [3.8, 4) is 5.75 Å². The number of methoxy groups -OCH3 is 1. The van der Waals surface area contributed by atoms with Crippen LogP contribution in [-0.2, 0) is 11.2 Å². The Balaban J connectivity index is 1.40. The summed E-state index contributed by atoms with van der Waals surface area (Å²) < 4.78 is 5.44. The largest absolute Gasteiger partial charge is 0.495 e. The summed E-state index contributed by atoms with van der Waals surface area (Å²) in [6.45, 7) is 2.91. The van der Waals surface area contributed by atoms with Gasteiger partial charge in [0.05, 0.1) is 30.3 Å². The summed E-state index contributed by atoms with van der Waals surface area (Å²) in [7, 11) is 1.67. The van der Waals surface area contributed by atoms with E-state index in [1.54, 1.807) is 7.11 Å². The first-order valence-corrected chi connectivity index (χ1v) is 9.01. The summed E-state index contributed by atoms with van der Waals surface area (Å²) in [4.78, 5) is 33.6. The molecule has 0 unspecified atom stereocenters. The van der Waals surface area contributed by atoms with Crippen LogP contribution in [-0.4, -0.2) is 54.1 Å². The molecule has 1 aliphatic heterocycles. The van der Waals surface area contributed by atoms with E-state index in [2.05, 4.69) is 14.9 Å². The standard InChI is InChI=1S/C20H22N4O3/c1-27-18-5-3-2-4-17(18)23-8-10-24(11-9-23)19(25)13-14-6-7-15-16(12-14)22-20(26)21-15/h2-7,12H,8-11,13H2,1H3,(H2,21,22,26). The zero-order valence-electron chi connectivity index (χ0n) is 15.2. The summed E-state index contributed by atoms with van der Waals surface area (Å²) in [6, 6.07) is 13.5. The minimum atomic E-state index is -0.235. The second-order valence-electron chi connectivity index (χ2n) is 6.68. The molecule has 2 heterocycles. The van der Waals surface area contributed by atoms with E-state index in [0.717, 1.165) is 41.1 Å². The molecular formula is C20H22N4O3. The number of anilines is 1. The van der Waals surface area contributed by atoms with Gasteiger partial charge in [-0.3, -0.25) is 4.79 Å². The molecule has 1 aromatic heterocycles. The Hall–Kier alpha value is -3.22. The molecule has 3 aromatic rings. The van der Waals surface area contributed by atoms with Gasteiger partial charge in [-0.25, -0.2) is 4.79 Å². The van der Waals surface area contributed by atoms with Crippen molar-refractivity contribution in [3.63, 3.8) is 0 Å². The number of aromatic amines is 2. The van der Waals surface area contributed by atoms with Gasteiger partial charge in [-0.05, 0) is 29.8 Å². The topological polar surface area (TPSA) is 81.4 Å². The highest BCUT2D eigenvalue weighted by Crippen LogP contribution is 2.28. The Morgan fingerprint density at radius 3 is 2.56 bits per heavy atom. The minimum Gasteiger partial charge on any atom is -0.495 e. The number of piperazine rings is 1. The Kier molecular flexibility index (Phi) is 4.58. The summed E-state index contributed by atoms with van der Waals surface area (Å²) in [5, 5.41) is 0. The Bertz CT molecular complexity index is 1020.